The molecule has 6 rings (SSSR count). The SMILES string of the molecule is CCCCNC(=O)N[C@H]1CSCc2cc(CSCCNC(=O)CCC(C(=O)O)N3CCN(CC(=O)O)CCN(CC(=O)O)CC3)cc(c2)CSCC(C(=O)O)NC(=O)[C@H](Cc2ccccc2)NC(=O)[C@H](CCC(=O)O)NC(=O)[C@H]([C@@H](C)O)NC(=O)[C@@H]2CCCN2C(=O)[C@@H]2CCCN2C1=O. The van der Waals surface area contributed by atoms with E-state index in [1.54, 1.807) is 45.0 Å². The zero-order chi connectivity index (χ0) is 72.1. The van der Waals surface area contributed by atoms with Gasteiger partial charge in [-0.1, -0.05) is 61.9 Å². The van der Waals surface area contributed by atoms with E-state index >= 15 is 0 Å². The van der Waals surface area contributed by atoms with Crippen LogP contribution < -0.4 is 37.2 Å². The quantitative estimate of drug-likeness (QED) is 0.0573. The normalized spacial score (nSPS) is 23.3. The fraction of sp³-hybridized carbons (Fsp3) is 0.615. The minimum atomic E-state index is -1.75. The molecule has 546 valence electrons. The molecule has 0 aromatic heterocycles. The summed E-state index contributed by atoms with van der Waals surface area (Å²) in [5.41, 5.74) is 2.89. The number of nitrogens with zero attached hydrogens (tertiary/aromatic N) is 5. The van der Waals surface area contributed by atoms with E-state index in [4.69, 9.17) is 0 Å². The number of thioether (sulfide) groups is 3. The van der Waals surface area contributed by atoms with Gasteiger partial charge in [0, 0.05) is 119 Å². The maximum absolute atomic E-state index is 14.8. The third-order valence-corrected chi connectivity index (χ3v) is 20.5. The molecule has 34 heteroatoms. The summed E-state index contributed by atoms with van der Waals surface area (Å²) in [5, 5.41) is 79.0. The van der Waals surface area contributed by atoms with Crippen molar-refractivity contribution in [2.24, 2.45) is 0 Å². The van der Waals surface area contributed by atoms with Crippen LogP contribution in [0.15, 0.2) is 48.5 Å². The van der Waals surface area contributed by atoms with Gasteiger partial charge in [0.2, 0.25) is 41.4 Å². The number of aliphatic hydroxyl groups excluding tert-OH is 1. The second-order valence-corrected chi connectivity index (χ2v) is 28.1. The van der Waals surface area contributed by atoms with Crippen LogP contribution in [-0.2, 0) is 81.2 Å². The van der Waals surface area contributed by atoms with Crippen molar-refractivity contribution < 1.29 is 93.0 Å². The molecular weight excluding hydrogens is 1350 g/mol. The molecule has 0 aliphatic carbocycles. The Hall–Kier alpha value is -7.76. The highest BCUT2D eigenvalue weighted by molar-refractivity contribution is 7.99. The van der Waals surface area contributed by atoms with Crippen molar-refractivity contribution in [3.63, 3.8) is 0 Å². The number of carboxylic acids is 5. The van der Waals surface area contributed by atoms with Gasteiger partial charge in [0.05, 0.1) is 19.2 Å². The van der Waals surface area contributed by atoms with Gasteiger partial charge in [-0.05, 0) is 74.1 Å². The Bertz CT molecular complexity index is 3110. The molecule has 2 aromatic carbocycles. The van der Waals surface area contributed by atoms with Crippen LogP contribution >= 0.6 is 35.3 Å². The van der Waals surface area contributed by atoms with Gasteiger partial charge in [0.25, 0.3) is 0 Å². The van der Waals surface area contributed by atoms with Crippen LogP contribution in [-0.4, -0.2) is 283 Å². The lowest BCUT2D eigenvalue weighted by molar-refractivity contribution is -0.147. The maximum atomic E-state index is 14.8. The van der Waals surface area contributed by atoms with Gasteiger partial charge in [-0.15, -0.1) is 0 Å². The topological polar surface area (TPSA) is 444 Å². The first kappa shape index (κ1) is 80.2. The summed E-state index contributed by atoms with van der Waals surface area (Å²) in [7, 11) is 0. The molecule has 3 saturated heterocycles. The van der Waals surface area contributed by atoms with E-state index in [0.29, 0.717) is 48.6 Å². The van der Waals surface area contributed by atoms with Gasteiger partial charge >= 0.3 is 35.9 Å². The predicted octanol–water partition coefficient (Wildman–Crippen LogP) is -0.200. The standard InChI is InChI=1S/C65H94N12O19S3/c1-3-4-18-67-65(96)71-47-38-98-36-43-29-42(35-97-28-19-66-52(79)16-15-51(64(94)95)75-26-24-73(33-54(82)83)22-23-74(25-27-75)34-55(84)85)30-44(31-43)37-99-39-48(63(92)93)70-58(87)46(32-41-10-6-5-7-11-41)69-57(86)45(14-17-53(80)81)68-60(89)56(40(2)78)72-59(88)49-12-8-20-76(49)62(91)50-13-9-21-77(50)61(47)90/h5-7,10-11,29-31,40,45-51,56,78H,3-4,8-9,12-28,32-39H2,1-2H3,(H,66,79)(H,68,89)(H,69,86)(H,70,87)(H,72,88)(H,80,81)(H,82,83)(H,84,85)(H,92,93)(H,94,95)(H2,67,71,96)/t40-,45+,46+,47+,48?,49+,50+,51?,56+/m1/s1. The molecule has 9 atom stereocenters. The number of aliphatic carboxylic acids is 5. The summed E-state index contributed by atoms with van der Waals surface area (Å²) in [6.45, 7) is 4.59. The van der Waals surface area contributed by atoms with Crippen molar-refractivity contribution in [3.05, 3.63) is 70.8 Å². The van der Waals surface area contributed by atoms with Crippen LogP contribution in [0.2, 0.25) is 0 Å². The Morgan fingerprint density at radius 2 is 1.23 bits per heavy atom. The Morgan fingerprint density at radius 1 is 0.636 bits per heavy atom. The number of carbonyl (C=O) groups excluding carboxylic acids is 8. The number of aliphatic hydroxyl groups is 1. The molecule has 2 bridgehead atoms. The van der Waals surface area contributed by atoms with E-state index in [1.165, 1.54) is 52.0 Å². The van der Waals surface area contributed by atoms with Crippen LogP contribution in [0.25, 0.3) is 0 Å². The summed E-state index contributed by atoms with van der Waals surface area (Å²) >= 11 is 3.98. The van der Waals surface area contributed by atoms with E-state index in [0.717, 1.165) is 23.1 Å². The Morgan fingerprint density at radius 3 is 1.83 bits per heavy atom. The summed E-state index contributed by atoms with van der Waals surface area (Å²) in [4.78, 5) is 182. The number of hydrogen-bond donors (Lipinski definition) is 13. The minimum absolute atomic E-state index is 0.0443. The average molecular weight is 1440 g/mol. The van der Waals surface area contributed by atoms with Crippen molar-refractivity contribution in [2.75, 3.05) is 95.8 Å². The fourth-order valence-electron chi connectivity index (χ4n) is 12.1. The smallest absolute Gasteiger partial charge is 0.327 e. The highest BCUT2D eigenvalue weighted by Gasteiger charge is 2.45. The number of nitrogens with one attached hydrogen (secondary N) is 7. The van der Waals surface area contributed by atoms with E-state index in [1.807, 2.05) is 25.1 Å². The molecule has 4 heterocycles. The summed E-state index contributed by atoms with van der Waals surface area (Å²) in [5.74, 6) is -10.3. The lowest BCUT2D eigenvalue weighted by atomic mass is 10.0. The van der Waals surface area contributed by atoms with Gasteiger partial charge in [-0.25, -0.2) is 9.59 Å². The molecule has 99 heavy (non-hydrogen) atoms. The zero-order valence-corrected chi connectivity index (χ0v) is 58.2. The van der Waals surface area contributed by atoms with Crippen molar-refractivity contribution in [2.45, 2.75) is 156 Å². The Labute approximate surface area is 587 Å². The Balaban J connectivity index is 1.25. The molecule has 0 radical (unpaired) electrons. The van der Waals surface area contributed by atoms with Gasteiger partial charge in [-0.2, -0.15) is 35.3 Å². The predicted molar refractivity (Wildman–Crippen MR) is 367 cm³/mol. The molecule has 2 unspecified atom stereocenters. The second-order valence-electron chi connectivity index (χ2n) is 24.9. The molecule has 31 nitrogen and oxygen atoms in total. The monoisotopic (exact) mass is 1440 g/mol. The van der Waals surface area contributed by atoms with Gasteiger partial charge < -0.3 is 77.7 Å². The average Bonchev–Trinajstić information content (AvgIpc) is 1.68. The molecule has 2 aromatic rings. The van der Waals surface area contributed by atoms with Crippen LogP contribution in [0, 0.1) is 0 Å². The van der Waals surface area contributed by atoms with Crippen LogP contribution in [0.3, 0.4) is 0 Å². The van der Waals surface area contributed by atoms with Crippen molar-refractivity contribution in [3.8, 4) is 0 Å². The molecule has 3 fully saturated rings. The number of unbranched alkanes of at least 4 members (excludes halogenated alkanes) is 1. The van der Waals surface area contributed by atoms with Crippen molar-refractivity contribution >= 4 is 113 Å². The number of hydrogen-bond acceptors (Lipinski definition) is 20. The maximum Gasteiger partial charge on any atom is 0.327 e. The first-order valence-corrected chi connectivity index (χ1v) is 36.8. The summed E-state index contributed by atoms with van der Waals surface area (Å²) < 4.78 is 0. The molecule has 4 aliphatic rings. The van der Waals surface area contributed by atoms with E-state index in [-0.39, 0.29) is 121 Å². The fourth-order valence-corrected chi connectivity index (χ4v) is 14.9. The molecule has 4 aliphatic heterocycles. The van der Waals surface area contributed by atoms with E-state index in [9.17, 15) is 93.0 Å². The van der Waals surface area contributed by atoms with Gasteiger partial charge in [0.1, 0.15) is 48.3 Å². The summed E-state index contributed by atoms with van der Waals surface area (Å²) in [6.07, 6.45) is -0.605. The number of rotatable bonds is 25. The second kappa shape index (κ2) is 41.1. The van der Waals surface area contributed by atoms with Crippen LogP contribution in [0.4, 0.5) is 4.79 Å². The minimum Gasteiger partial charge on any atom is -0.481 e. The number of carbonyl (C=O) groups is 13. The lowest BCUT2D eigenvalue weighted by Gasteiger charge is -2.33. The highest BCUT2D eigenvalue weighted by atomic mass is 32.2. The van der Waals surface area contributed by atoms with Crippen LogP contribution in [0.5, 0.6) is 0 Å². The number of benzene rings is 2. The third-order valence-electron chi connectivity index (χ3n) is 17.2. The van der Waals surface area contributed by atoms with E-state index in [2.05, 4.69) is 37.2 Å². The number of fused-ring (bicyclic) bond motifs is 4. The molecule has 13 N–H and O–H groups in total. The summed E-state index contributed by atoms with van der Waals surface area (Å²) in [6, 6.07) is 2.66. The number of amides is 9. The number of carboxylic acid groups (broad SMARTS) is 5. The van der Waals surface area contributed by atoms with Crippen molar-refractivity contribution in [1.82, 2.24) is 61.7 Å². The van der Waals surface area contributed by atoms with Crippen molar-refractivity contribution in [1.29, 1.82) is 0 Å². The Kier molecular flexibility index (Phi) is 33.3. The van der Waals surface area contributed by atoms with E-state index < -0.39 is 145 Å². The van der Waals surface area contributed by atoms with Gasteiger partial charge in [0.15, 0.2) is 0 Å². The first-order valence-electron chi connectivity index (χ1n) is 33.3. The largest absolute Gasteiger partial charge is 0.481 e. The molecular formula is C65H94N12O19S3. The molecule has 0 saturated carbocycles. The highest BCUT2D eigenvalue weighted by Crippen LogP contribution is 2.28. The lowest BCUT2D eigenvalue weighted by Crippen LogP contribution is -2.61. The molecule has 0 spiro atoms. The number of urea groups is 1. The van der Waals surface area contributed by atoms with Crippen LogP contribution in [0.1, 0.15) is 100 Å². The first-order chi connectivity index (χ1) is 47.3. The third kappa shape index (κ3) is 26.7. The zero-order valence-electron chi connectivity index (χ0n) is 55.8. The van der Waals surface area contributed by atoms with Gasteiger partial charge in [-0.3, -0.25) is 67.4 Å². The molecule has 9 amide bonds.